The van der Waals surface area contributed by atoms with Crippen molar-refractivity contribution in [2.24, 2.45) is 0 Å². The van der Waals surface area contributed by atoms with Crippen molar-refractivity contribution in [3.8, 4) is 0 Å². The molecule has 8 heteroatoms. The van der Waals surface area contributed by atoms with E-state index in [9.17, 15) is 14.9 Å². The third-order valence-electron chi connectivity index (χ3n) is 5.25. The number of nitro groups is 1. The number of non-ortho nitro benzene ring substituents is 1. The molecule has 0 saturated carbocycles. The highest BCUT2D eigenvalue weighted by atomic mass is 16.6. The Hall–Kier alpha value is -3.52. The van der Waals surface area contributed by atoms with E-state index in [-0.39, 0.29) is 17.6 Å². The first kappa shape index (κ1) is 19.8. The van der Waals surface area contributed by atoms with Gasteiger partial charge in [0, 0.05) is 42.3 Å². The molecule has 0 radical (unpaired) electrons. The third-order valence-corrected chi connectivity index (χ3v) is 5.25. The van der Waals surface area contributed by atoms with Gasteiger partial charge >= 0.3 is 0 Å². The van der Waals surface area contributed by atoms with Crippen LogP contribution in [-0.2, 0) is 4.79 Å². The molecule has 1 aliphatic rings. The van der Waals surface area contributed by atoms with Crippen LogP contribution >= 0.6 is 0 Å². The van der Waals surface area contributed by atoms with Gasteiger partial charge in [-0.1, -0.05) is 18.2 Å². The monoisotopic (exact) mass is 405 g/mol. The number of amides is 1. The highest BCUT2D eigenvalue weighted by Gasteiger charge is 2.21. The minimum absolute atomic E-state index is 0.00195. The molecular formula is C22H23N5O3. The van der Waals surface area contributed by atoms with Crippen LogP contribution in [0.5, 0.6) is 0 Å². The molecule has 0 spiro atoms. The van der Waals surface area contributed by atoms with Gasteiger partial charge in [-0.3, -0.25) is 19.8 Å². The number of rotatable bonds is 6. The van der Waals surface area contributed by atoms with Gasteiger partial charge in [0.15, 0.2) is 0 Å². The molecule has 1 aromatic heterocycles. The van der Waals surface area contributed by atoms with E-state index in [1.165, 1.54) is 12.1 Å². The van der Waals surface area contributed by atoms with Gasteiger partial charge < -0.3 is 10.6 Å². The van der Waals surface area contributed by atoms with Crippen LogP contribution in [0, 0.1) is 10.1 Å². The summed E-state index contributed by atoms with van der Waals surface area (Å²) in [7, 11) is 0. The summed E-state index contributed by atoms with van der Waals surface area (Å²) < 4.78 is 0. The van der Waals surface area contributed by atoms with E-state index in [2.05, 4.69) is 20.5 Å². The highest BCUT2D eigenvalue weighted by Crippen LogP contribution is 2.22. The molecule has 8 nitrogen and oxygen atoms in total. The lowest BCUT2D eigenvalue weighted by Crippen LogP contribution is -2.42. The summed E-state index contributed by atoms with van der Waals surface area (Å²) in [5, 5.41) is 18.0. The summed E-state index contributed by atoms with van der Waals surface area (Å²) in [6.07, 6.45) is 1.83. The lowest BCUT2D eigenvalue weighted by Gasteiger charge is -2.32. The zero-order chi connectivity index (χ0) is 20.9. The average molecular weight is 405 g/mol. The summed E-state index contributed by atoms with van der Waals surface area (Å²) >= 11 is 0. The predicted molar refractivity (Wildman–Crippen MR) is 117 cm³/mol. The van der Waals surface area contributed by atoms with Crippen LogP contribution < -0.4 is 10.6 Å². The van der Waals surface area contributed by atoms with Crippen LogP contribution in [0.15, 0.2) is 60.7 Å². The third kappa shape index (κ3) is 4.90. The number of piperidine rings is 1. The largest absolute Gasteiger partial charge is 0.367 e. The number of nitrogens with one attached hydrogen (secondary N) is 2. The number of para-hydroxylation sites is 1. The molecule has 2 N–H and O–H groups in total. The van der Waals surface area contributed by atoms with Gasteiger partial charge in [-0.05, 0) is 43.2 Å². The predicted octanol–water partition coefficient (Wildman–Crippen LogP) is 3.66. The van der Waals surface area contributed by atoms with E-state index in [0.717, 1.165) is 48.3 Å². The van der Waals surface area contributed by atoms with E-state index in [1.807, 2.05) is 42.5 Å². The van der Waals surface area contributed by atoms with Crippen molar-refractivity contribution >= 4 is 34.0 Å². The number of aromatic nitrogens is 1. The van der Waals surface area contributed by atoms with Crippen molar-refractivity contribution in [1.29, 1.82) is 0 Å². The normalized spacial score (nSPS) is 15.1. The number of pyridine rings is 1. The van der Waals surface area contributed by atoms with Crippen LogP contribution in [0.2, 0.25) is 0 Å². The van der Waals surface area contributed by atoms with Gasteiger partial charge in [-0.2, -0.15) is 0 Å². The van der Waals surface area contributed by atoms with Crippen molar-refractivity contribution in [2.75, 3.05) is 30.3 Å². The van der Waals surface area contributed by atoms with Crippen molar-refractivity contribution in [3.05, 3.63) is 70.8 Å². The Morgan fingerprint density at radius 3 is 2.60 bits per heavy atom. The molecule has 2 aromatic carbocycles. The van der Waals surface area contributed by atoms with E-state index < -0.39 is 4.92 Å². The smallest absolute Gasteiger partial charge is 0.270 e. The summed E-state index contributed by atoms with van der Waals surface area (Å²) in [4.78, 5) is 29.5. The molecule has 1 aliphatic heterocycles. The molecule has 154 valence electrons. The molecule has 30 heavy (non-hydrogen) atoms. The van der Waals surface area contributed by atoms with E-state index >= 15 is 0 Å². The van der Waals surface area contributed by atoms with Crippen LogP contribution in [-0.4, -0.2) is 46.4 Å². The number of carbonyl (C=O) groups excluding carboxylic acids is 1. The van der Waals surface area contributed by atoms with Crippen molar-refractivity contribution < 1.29 is 9.72 Å². The van der Waals surface area contributed by atoms with Crippen molar-refractivity contribution in [2.45, 2.75) is 18.9 Å². The first-order valence-corrected chi connectivity index (χ1v) is 9.96. The zero-order valence-electron chi connectivity index (χ0n) is 16.5. The fourth-order valence-corrected chi connectivity index (χ4v) is 3.68. The zero-order valence-corrected chi connectivity index (χ0v) is 16.5. The number of benzene rings is 2. The first-order chi connectivity index (χ1) is 14.6. The Balaban J connectivity index is 1.28. The minimum atomic E-state index is -0.403. The molecule has 1 fully saturated rings. The molecule has 0 atom stereocenters. The second-order valence-corrected chi connectivity index (χ2v) is 7.44. The molecule has 0 aliphatic carbocycles. The Morgan fingerprint density at radius 2 is 1.87 bits per heavy atom. The number of carbonyl (C=O) groups is 1. The fraction of sp³-hybridized carbons (Fsp3) is 0.273. The lowest BCUT2D eigenvalue weighted by atomic mass is 10.0. The maximum atomic E-state index is 12.2. The van der Waals surface area contributed by atoms with E-state index in [4.69, 9.17) is 0 Å². The molecular weight excluding hydrogens is 382 g/mol. The van der Waals surface area contributed by atoms with Gasteiger partial charge in [0.1, 0.15) is 5.82 Å². The number of nitro benzene ring substituents is 1. The van der Waals surface area contributed by atoms with Gasteiger partial charge in [0.2, 0.25) is 5.91 Å². The number of anilines is 2. The van der Waals surface area contributed by atoms with Gasteiger partial charge in [-0.15, -0.1) is 0 Å². The highest BCUT2D eigenvalue weighted by molar-refractivity contribution is 5.92. The van der Waals surface area contributed by atoms with Crippen molar-refractivity contribution in [3.63, 3.8) is 0 Å². The van der Waals surface area contributed by atoms with Gasteiger partial charge in [0.05, 0.1) is 17.0 Å². The molecule has 4 rings (SSSR count). The quantitative estimate of drug-likeness (QED) is 0.480. The van der Waals surface area contributed by atoms with Gasteiger partial charge in [-0.25, -0.2) is 4.98 Å². The number of hydrogen-bond acceptors (Lipinski definition) is 6. The number of likely N-dealkylation sites (tertiary alicyclic amines) is 1. The second-order valence-electron chi connectivity index (χ2n) is 7.44. The van der Waals surface area contributed by atoms with Crippen LogP contribution in [0.4, 0.5) is 17.2 Å². The molecule has 1 saturated heterocycles. The van der Waals surface area contributed by atoms with E-state index in [0.29, 0.717) is 6.54 Å². The fourth-order valence-electron chi connectivity index (χ4n) is 3.68. The number of nitrogens with zero attached hydrogens (tertiary/aromatic N) is 3. The summed E-state index contributed by atoms with van der Waals surface area (Å²) in [6, 6.07) is 18.1. The standard InChI is InChI=1S/C22H23N5O3/c28-22(24-17-4-2-1-3-5-17)15-26-12-10-18(11-13-26)23-21-9-6-16-14-19(27(29)30)7-8-20(16)25-21/h1-9,14,18H,10-13,15H2,(H,23,25)(H,24,28). The summed E-state index contributed by atoms with van der Waals surface area (Å²) in [5.74, 6) is 0.759. The second kappa shape index (κ2) is 8.87. The number of fused-ring (bicyclic) bond motifs is 1. The summed E-state index contributed by atoms with van der Waals surface area (Å²) in [5.41, 5.74) is 1.60. The maximum Gasteiger partial charge on any atom is 0.270 e. The Kier molecular flexibility index (Phi) is 5.85. The minimum Gasteiger partial charge on any atom is -0.367 e. The van der Waals surface area contributed by atoms with Crippen molar-refractivity contribution in [1.82, 2.24) is 9.88 Å². The Bertz CT molecular complexity index is 1050. The van der Waals surface area contributed by atoms with E-state index in [1.54, 1.807) is 6.07 Å². The topological polar surface area (TPSA) is 100 Å². The molecule has 0 unspecified atom stereocenters. The molecule has 0 bridgehead atoms. The van der Waals surface area contributed by atoms with Crippen LogP contribution in [0.1, 0.15) is 12.8 Å². The molecule has 2 heterocycles. The molecule has 1 amide bonds. The summed E-state index contributed by atoms with van der Waals surface area (Å²) in [6.45, 7) is 2.05. The van der Waals surface area contributed by atoms with Crippen LogP contribution in [0.25, 0.3) is 10.9 Å². The SMILES string of the molecule is O=C(CN1CCC(Nc2ccc3cc([N+](=O)[O-])ccc3n2)CC1)Nc1ccccc1. The first-order valence-electron chi connectivity index (χ1n) is 9.96. The lowest BCUT2D eigenvalue weighted by molar-refractivity contribution is -0.384. The van der Waals surface area contributed by atoms with Crippen LogP contribution in [0.3, 0.4) is 0 Å². The Morgan fingerprint density at radius 1 is 1.10 bits per heavy atom. The molecule has 3 aromatic rings. The maximum absolute atomic E-state index is 12.2. The average Bonchev–Trinajstić information content (AvgIpc) is 2.75. The number of hydrogen-bond donors (Lipinski definition) is 2. The Labute approximate surface area is 174 Å². The van der Waals surface area contributed by atoms with Gasteiger partial charge in [0.25, 0.3) is 5.69 Å².